The summed E-state index contributed by atoms with van der Waals surface area (Å²) in [6.45, 7) is 0.830. The van der Waals surface area contributed by atoms with E-state index < -0.39 is 0 Å². The van der Waals surface area contributed by atoms with Gasteiger partial charge in [-0.3, -0.25) is 9.78 Å². The molecule has 0 fully saturated rings. The predicted octanol–water partition coefficient (Wildman–Crippen LogP) is 2.09. The van der Waals surface area contributed by atoms with Gasteiger partial charge in [-0.25, -0.2) is 0 Å². The molecule has 1 aromatic carbocycles. The molecule has 0 spiro atoms. The normalized spacial score (nSPS) is 10.1. The average Bonchev–Trinajstić information content (AvgIpc) is 2.66. The van der Waals surface area contributed by atoms with E-state index in [1.807, 2.05) is 18.2 Å². The first-order valence-electron chi connectivity index (χ1n) is 4.80. The van der Waals surface area contributed by atoms with E-state index >= 15 is 0 Å². The zero-order valence-corrected chi connectivity index (χ0v) is 9.01. The molecule has 2 aromatic rings. The lowest BCUT2D eigenvalue weighted by Gasteiger charge is -2.02. The number of nitrogens with one attached hydrogen (secondary N) is 2. The van der Waals surface area contributed by atoms with Crippen LogP contribution in [0.5, 0.6) is 0 Å². The lowest BCUT2D eigenvalue weighted by Crippen LogP contribution is -2.06. The van der Waals surface area contributed by atoms with Gasteiger partial charge in [0.2, 0.25) is 0 Å². The monoisotopic (exact) mass is 220 g/mol. The van der Waals surface area contributed by atoms with Crippen LogP contribution in [0.15, 0.2) is 40.5 Å². The standard InChI is InChI=1S/C11H12N2OS/c14-11-13-10(8-15-11)12-7-6-9-4-2-1-3-5-9/h1-5,8,12H,6-7H2,(H,13,14). The fraction of sp³-hybridized carbons (Fsp3) is 0.182. The van der Waals surface area contributed by atoms with Gasteiger partial charge in [0.05, 0.1) is 0 Å². The second-order valence-electron chi connectivity index (χ2n) is 3.22. The minimum atomic E-state index is -0.0165. The Morgan fingerprint density at radius 3 is 2.73 bits per heavy atom. The Morgan fingerprint density at radius 1 is 1.27 bits per heavy atom. The van der Waals surface area contributed by atoms with Gasteiger partial charge in [0.1, 0.15) is 5.82 Å². The summed E-state index contributed by atoms with van der Waals surface area (Å²) in [5.41, 5.74) is 1.29. The van der Waals surface area contributed by atoms with Gasteiger partial charge in [-0.05, 0) is 12.0 Å². The number of rotatable bonds is 4. The van der Waals surface area contributed by atoms with Crippen molar-refractivity contribution in [1.29, 1.82) is 0 Å². The lowest BCUT2D eigenvalue weighted by molar-refractivity contribution is 1.01. The third-order valence-corrected chi connectivity index (χ3v) is 2.76. The van der Waals surface area contributed by atoms with Crippen LogP contribution in [0.25, 0.3) is 0 Å². The maximum Gasteiger partial charge on any atom is 0.306 e. The fourth-order valence-electron chi connectivity index (χ4n) is 1.35. The molecule has 0 bridgehead atoms. The number of aromatic amines is 1. The molecule has 3 nitrogen and oxygen atoms in total. The van der Waals surface area contributed by atoms with Gasteiger partial charge in [0, 0.05) is 11.9 Å². The van der Waals surface area contributed by atoms with Crippen LogP contribution >= 0.6 is 11.3 Å². The Kier molecular flexibility index (Phi) is 3.19. The van der Waals surface area contributed by atoms with E-state index in [1.54, 1.807) is 5.38 Å². The number of H-pyrrole nitrogens is 1. The number of hydrogen-bond acceptors (Lipinski definition) is 3. The first kappa shape index (κ1) is 9.98. The molecule has 0 amide bonds. The van der Waals surface area contributed by atoms with Crippen molar-refractivity contribution in [2.45, 2.75) is 6.42 Å². The summed E-state index contributed by atoms with van der Waals surface area (Å²) in [4.78, 5) is 13.5. The molecule has 0 unspecified atom stereocenters. The molecule has 0 radical (unpaired) electrons. The highest BCUT2D eigenvalue weighted by Gasteiger charge is 1.95. The van der Waals surface area contributed by atoms with Gasteiger partial charge < -0.3 is 5.32 Å². The number of anilines is 1. The molecule has 1 aromatic heterocycles. The molecule has 0 saturated heterocycles. The largest absolute Gasteiger partial charge is 0.371 e. The molecule has 15 heavy (non-hydrogen) atoms. The van der Waals surface area contributed by atoms with Gasteiger partial charge in [0.25, 0.3) is 0 Å². The van der Waals surface area contributed by atoms with E-state index in [2.05, 4.69) is 22.4 Å². The summed E-state index contributed by atoms with van der Waals surface area (Å²) in [6.07, 6.45) is 0.957. The zero-order valence-electron chi connectivity index (χ0n) is 8.19. The third-order valence-electron chi connectivity index (χ3n) is 2.09. The van der Waals surface area contributed by atoms with Crippen molar-refractivity contribution in [3.8, 4) is 0 Å². The smallest absolute Gasteiger partial charge is 0.306 e. The Bertz CT molecular complexity index is 461. The molecule has 0 aliphatic carbocycles. The van der Waals surface area contributed by atoms with Crippen LogP contribution in [0.4, 0.5) is 5.82 Å². The molecule has 4 heteroatoms. The molecule has 1 heterocycles. The van der Waals surface area contributed by atoms with E-state index in [-0.39, 0.29) is 4.87 Å². The fourth-order valence-corrected chi connectivity index (χ4v) is 1.89. The van der Waals surface area contributed by atoms with Crippen LogP contribution < -0.4 is 10.2 Å². The van der Waals surface area contributed by atoms with Gasteiger partial charge in [-0.15, -0.1) is 0 Å². The molecule has 0 aliphatic heterocycles. The third kappa shape index (κ3) is 2.95. The highest BCUT2D eigenvalue weighted by molar-refractivity contribution is 7.07. The van der Waals surface area contributed by atoms with Gasteiger partial charge >= 0.3 is 4.87 Å². The van der Waals surface area contributed by atoms with Gasteiger partial charge in [0.15, 0.2) is 0 Å². The van der Waals surface area contributed by atoms with E-state index in [1.165, 1.54) is 16.9 Å². The second-order valence-corrected chi connectivity index (χ2v) is 4.07. The molecular formula is C11H12N2OS. The predicted molar refractivity (Wildman–Crippen MR) is 63.6 cm³/mol. The molecule has 0 saturated carbocycles. The number of hydrogen-bond donors (Lipinski definition) is 2. The Labute approximate surface area is 91.8 Å². The van der Waals surface area contributed by atoms with Crippen molar-refractivity contribution in [2.24, 2.45) is 0 Å². The van der Waals surface area contributed by atoms with Crippen molar-refractivity contribution < 1.29 is 0 Å². The van der Waals surface area contributed by atoms with Crippen LogP contribution in [0.2, 0.25) is 0 Å². The van der Waals surface area contributed by atoms with Crippen LogP contribution in [-0.2, 0) is 6.42 Å². The number of aromatic nitrogens is 1. The number of benzene rings is 1. The molecule has 2 N–H and O–H groups in total. The highest BCUT2D eigenvalue weighted by atomic mass is 32.1. The Balaban J connectivity index is 1.83. The minimum Gasteiger partial charge on any atom is -0.371 e. The summed E-state index contributed by atoms with van der Waals surface area (Å²) in [7, 11) is 0. The molecule has 78 valence electrons. The first-order chi connectivity index (χ1) is 7.34. The summed E-state index contributed by atoms with van der Waals surface area (Å²) in [5, 5.41) is 4.97. The van der Waals surface area contributed by atoms with E-state index in [4.69, 9.17) is 0 Å². The van der Waals surface area contributed by atoms with Crippen LogP contribution in [0.1, 0.15) is 5.56 Å². The Morgan fingerprint density at radius 2 is 2.07 bits per heavy atom. The van der Waals surface area contributed by atoms with Crippen molar-refractivity contribution in [1.82, 2.24) is 4.98 Å². The van der Waals surface area contributed by atoms with Gasteiger partial charge in [-0.2, -0.15) is 0 Å². The maximum absolute atomic E-state index is 10.8. The first-order valence-corrected chi connectivity index (χ1v) is 5.68. The quantitative estimate of drug-likeness (QED) is 0.828. The van der Waals surface area contributed by atoms with Crippen molar-refractivity contribution >= 4 is 17.2 Å². The summed E-state index contributed by atoms with van der Waals surface area (Å²) < 4.78 is 0. The number of thiazole rings is 1. The lowest BCUT2D eigenvalue weighted by atomic mass is 10.1. The molecular weight excluding hydrogens is 208 g/mol. The molecule has 0 aliphatic rings. The molecule has 2 rings (SSSR count). The molecule has 0 atom stereocenters. The second kappa shape index (κ2) is 4.79. The van der Waals surface area contributed by atoms with Crippen LogP contribution in [0, 0.1) is 0 Å². The topological polar surface area (TPSA) is 44.9 Å². The SMILES string of the molecule is O=c1[nH]c(NCCc2ccccc2)cs1. The van der Waals surface area contributed by atoms with E-state index in [9.17, 15) is 4.79 Å². The average molecular weight is 220 g/mol. The minimum absolute atomic E-state index is 0.0165. The van der Waals surface area contributed by atoms with E-state index in [0.29, 0.717) is 0 Å². The van der Waals surface area contributed by atoms with E-state index in [0.717, 1.165) is 18.8 Å². The summed E-state index contributed by atoms with van der Waals surface area (Å²) in [5.74, 6) is 0.806. The van der Waals surface area contributed by atoms with Crippen LogP contribution in [0.3, 0.4) is 0 Å². The zero-order chi connectivity index (χ0) is 10.5. The van der Waals surface area contributed by atoms with Crippen molar-refractivity contribution in [3.05, 3.63) is 50.9 Å². The van der Waals surface area contributed by atoms with Gasteiger partial charge in [-0.1, -0.05) is 41.7 Å². The maximum atomic E-state index is 10.8. The van der Waals surface area contributed by atoms with Crippen molar-refractivity contribution in [2.75, 3.05) is 11.9 Å². The highest BCUT2D eigenvalue weighted by Crippen LogP contribution is 2.03. The van der Waals surface area contributed by atoms with Crippen molar-refractivity contribution in [3.63, 3.8) is 0 Å². The summed E-state index contributed by atoms with van der Waals surface area (Å²) in [6, 6.07) is 10.3. The Hall–Kier alpha value is -1.55. The van der Waals surface area contributed by atoms with Crippen LogP contribution in [-0.4, -0.2) is 11.5 Å². The summed E-state index contributed by atoms with van der Waals surface area (Å²) >= 11 is 1.18.